The van der Waals surface area contributed by atoms with Gasteiger partial charge in [0.25, 0.3) is 0 Å². The number of imidazole rings is 1. The second-order valence-corrected chi connectivity index (χ2v) is 6.38. The summed E-state index contributed by atoms with van der Waals surface area (Å²) in [5.41, 5.74) is 0. The number of rotatable bonds is 6. The van der Waals surface area contributed by atoms with E-state index in [4.69, 9.17) is 9.47 Å². The zero-order valence-electron chi connectivity index (χ0n) is 14.5. The molecule has 1 aliphatic rings. The number of nitrogens with one attached hydrogen (secondary N) is 1. The van der Waals surface area contributed by atoms with Crippen molar-refractivity contribution in [3.05, 3.63) is 30.6 Å². The highest BCUT2D eigenvalue weighted by Crippen LogP contribution is 2.32. The van der Waals surface area contributed by atoms with Crippen molar-refractivity contribution in [3.63, 3.8) is 0 Å². The summed E-state index contributed by atoms with van der Waals surface area (Å²) in [6.07, 6.45) is 7.57. The largest absolute Gasteiger partial charge is 0.475 e. The van der Waals surface area contributed by atoms with Crippen LogP contribution in [0.2, 0.25) is 0 Å². The average molecular weight is 331 g/mol. The molecule has 0 spiro atoms. The van der Waals surface area contributed by atoms with Gasteiger partial charge in [-0.3, -0.25) is 0 Å². The molecule has 130 valence electrons. The Morgan fingerprint density at radius 2 is 2.25 bits per heavy atom. The predicted molar refractivity (Wildman–Crippen MR) is 90.9 cm³/mol. The van der Waals surface area contributed by atoms with Crippen LogP contribution in [0.3, 0.4) is 0 Å². The minimum atomic E-state index is 0.0134. The predicted octanol–water partition coefficient (Wildman–Crippen LogP) is 2.58. The lowest BCUT2D eigenvalue weighted by molar-refractivity contribution is -0.0305. The van der Waals surface area contributed by atoms with E-state index in [1.54, 1.807) is 0 Å². The smallest absolute Gasteiger partial charge is 0.218 e. The molecular weight excluding hydrogens is 306 g/mol. The third-order valence-electron chi connectivity index (χ3n) is 4.10. The number of aryl methyl sites for hydroxylation is 1. The van der Waals surface area contributed by atoms with E-state index in [1.165, 1.54) is 6.33 Å². The van der Waals surface area contributed by atoms with Crippen LogP contribution in [0.15, 0.2) is 24.8 Å². The molecule has 0 amide bonds. The monoisotopic (exact) mass is 331 g/mol. The standard InChI is InChI=1S/C17H25N5O2/c1-12(2)24-15-9-14(20-11-21-15)19-10-13-5-4-8-23-16(13)17-18-6-7-22(17)3/h6-7,9,11-13,16H,4-5,8,10H2,1-3H3,(H,19,20,21)/t13-,16+/m0/s1. The molecule has 0 aromatic carbocycles. The molecule has 0 bridgehead atoms. The molecule has 0 radical (unpaired) electrons. The van der Waals surface area contributed by atoms with Crippen molar-refractivity contribution < 1.29 is 9.47 Å². The van der Waals surface area contributed by atoms with Crippen LogP contribution in [0.25, 0.3) is 0 Å². The number of nitrogens with zero attached hydrogens (tertiary/aromatic N) is 4. The maximum atomic E-state index is 6.00. The molecule has 3 heterocycles. The van der Waals surface area contributed by atoms with Crippen LogP contribution < -0.4 is 10.1 Å². The normalized spacial score (nSPS) is 21.0. The quantitative estimate of drug-likeness (QED) is 0.877. The Bertz CT molecular complexity index is 658. The highest BCUT2D eigenvalue weighted by atomic mass is 16.5. The Kier molecular flexibility index (Phi) is 5.30. The lowest BCUT2D eigenvalue weighted by atomic mass is 9.93. The first kappa shape index (κ1) is 16.7. The molecule has 0 saturated carbocycles. The fourth-order valence-electron chi connectivity index (χ4n) is 2.97. The van der Waals surface area contributed by atoms with Gasteiger partial charge < -0.3 is 19.4 Å². The van der Waals surface area contributed by atoms with Gasteiger partial charge in [0, 0.05) is 44.6 Å². The molecule has 7 heteroatoms. The average Bonchev–Trinajstić information content (AvgIpc) is 2.99. The van der Waals surface area contributed by atoms with Gasteiger partial charge in [-0.2, -0.15) is 0 Å². The van der Waals surface area contributed by atoms with E-state index in [-0.39, 0.29) is 12.2 Å². The lowest BCUT2D eigenvalue weighted by Gasteiger charge is -2.31. The Morgan fingerprint density at radius 3 is 3.00 bits per heavy atom. The van der Waals surface area contributed by atoms with Gasteiger partial charge in [-0.15, -0.1) is 0 Å². The lowest BCUT2D eigenvalue weighted by Crippen LogP contribution is -2.30. The summed E-state index contributed by atoms with van der Waals surface area (Å²) in [7, 11) is 2.00. The van der Waals surface area contributed by atoms with Gasteiger partial charge in [0.2, 0.25) is 5.88 Å². The fraction of sp³-hybridized carbons (Fsp3) is 0.588. The topological polar surface area (TPSA) is 74.1 Å². The van der Waals surface area contributed by atoms with Gasteiger partial charge in [-0.25, -0.2) is 15.0 Å². The number of hydrogen-bond acceptors (Lipinski definition) is 6. The van der Waals surface area contributed by atoms with E-state index >= 15 is 0 Å². The molecule has 24 heavy (non-hydrogen) atoms. The van der Waals surface area contributed by atoms with E-state index in [9.17, 15) is 0 Å². The number of aromatic nitrogens is 4. The molecule has 2 aromatic heterocycles. The summed E-state index contributed by atoms with van der Waals surface area (Å²) in [5.74, 6) is 2.69. The first-order valence-electron chi connectivity index (χ1n) is 8.45. The van der Waals surface area contributed by atoms with Crippen molar-refractivity contribution in [1.82, 2.24) is 19.5 Å². The summed E-state index contributed by atoms with van der Waals surface area (Å²) < 4.78 is 13.6. The van der Waals surface area contributed by atoms with Gasteiger partial charge in [0.15, 0.2) is 0 Å². The molecule has 1 aliphatic heterocycles. The van der Waals surface area contributed by atoms with Gasteiger partial charge in [-0.05, 0) is 26.7 Å². The van der Waals surface area contributed by atoms with Crippen molar-refractivity contribution in [2.45, 2.75) is 38.9 Å². The molecular formula is C17H25N5O2. The first-order valence-corrected chi connectivity index (χ1v) is 8.45. The second-order valence-electron chi connectivity index (χ2n) is 6.38. The van der Waals surface area contributed by atoms with Crippen molar-refractivity contribution in [3.8, 4) is 5.88 Å². The molecule has 0 aliphatic carbocycles. The second kappa shape index (κ2) is 7.61. The minimum absolute atomic E-state index is 0.0134. The van der Waals surface area contributed by atoms with Crippen LogP contribution in [0.5, 0.6) is 5.88 Å². The molecule has 0 unspecified atom stereocenters. The Hall–Kier alpha value is -2.15. The molecule has 7 nitrogen and oxygen atoms in total. The SMILES string of the molecule is CC(C)Oc1cc(NC[C@@H]2CCCO[C@H]2c2nccn2C)ncn1. The Balaban J connectivity index is 1.65. The summed E-state index contributed by atoms with van der Waals surface area (Å²) in [6, 6.07) is 1.83. The van der Waals surface area contributed by atoms with Crippen LogP contribution in [0, 0.1) is 5.92 Å². The number of ether oxygens (including phenoxy) is 2. The third-order valence-corrected chi connectivity index (χ3v) is 4.10. The summed E-state index contributed by atoms with van der Waals surface area (Å²) in [6.45, 7) is 5.52. The number of hydrogen-bond donors (Lipinski definition) is 1. The molecule has 1 saturated heterocycles. The van der Waals surface area contributed by atoms with Gasteiger partial charge in [0.1, 0.15) is 24.1 Å². The van der Waals surface area contributed by atoms with Crippen LogP contribution in [0.4, 0.5) is 5.82 Å². The Morgan fingerprint density at radius 1 is 1.38 bits per heavy atom. The maximum absolute atomic E-state index is 6.00. The summed E-state index contributed by atoms with van der Waals surface area (Å²) >= 11 is 0. The molecule has 1 fully saturated rings. The van der Waals surface area contributed by atoms with E-state index in [0.717, 1.165) is 37.6 Å². The Labute approximate surface area is 142 Å². The first-order chi connectivity index (χ1) is 11.6. The van der Waals surface area contributed by atoms with Crippen LogP contribution in [-0.2, 0) is 11.8 Å². The zero-order chi connectivity index (χ0) is 16.9. The van der Waals surface area contributed by atoms with E-state index in [1.807, 2.05) is 43.9 Å². The fourth-order valence-corrected chi connectivity index (χ4v) is 2.97. The molecule has 2 atom stereocenters. The van der Waals surface area contributed by atoms with Crippen LogP contribution in [-0.4, -0.2) is 38.8 Å². The highest BCUT2D eigenvalue weighted by Gasteiger charge is 2.30. The third kappa shape index (κ3) is 4.03. The van der Waals surface area contributed by atoms with E-state index in [2.05, 4.69) is 20.3 Å². The maximum Gasteiger partial charge on any atom is 0.218 e. The minimum Gasteiger partial charge on any atom is -0.475 e. The van der Waals surface area contributed by atoms with Crippen LogP contribution in [0.1, 0.15) is 38.6 Å². The van der Waals surface area contributed by atoms with Crippen molar-refractivity contribution in [2.75, 3.05) is 18.5 Å². The van der Waals surface area contributed by atoms with Gasteiger partial charge >= 0.3 is 0 Å². The zero-order valence-corrected chi connectivity index (χ0v) is 14.5. The van der Waals surface area contributed by atoms with Crippen LogP contribution >= 0.6 is 0 Å². The van der Waals surface area contributed by atoms with E-state index < -0.39 is 0 Å². The highest BCUT2D eigenvalue weighted by molar-refractivity contribution is 5.37. The van der Waals surface area contributed by atoms with E-state index in [0.29, 0.717) is 11.8 Å². The van der Waals surface area contributed by atoms with Crippen molar-refractivity contribution in [2.24, 2.45) is 13.0 Å². The van der Waals surface area contributed by atoms with Gasteiger partial charge in [-0.1, -0.05) is 0 Å². The van der Waals surface area contributed by atoms with Crippen molar-refractivity contribution in [1.29, 1.82) is 0 Å². The molecule has 3 rings (SSSR count). The number of anilines is 1. The summed E-state index contributed by atoms with van der Waals surface area (Å²) in [5, 5.41) is 3.39. The van der Waals surface area contributed by atoms with Gasteiger partial charge in [0.05, 0.1) is 6.10 Å². The van der Waals surface area contributed by atoms with Crippen molar-refractivity contribution >= 4 is 5.82 Å². The molecule has 1 N–H and O–H groups in total. The summed E-state index contributed by atoms with van der Waals surface area (Å²) in [4.78, 5) is 12.9. The molecule has 2 aromatic rings.